The fourth-order valence-corrected chi connectivity index (χ4v) is 4.52. The zero-order valence-electron chi connectivity index (χ0n) is 19.8. The standard InChI is InChI=1S/C26H29ClN2O4S/c1-5-34(31,32)22-8-6-19(7-9-22)13-25(30)29-21-14-23(20-10-11-28-18(4)12-20)26(24(27)15-21)33-16-17(2)3/h6-12,14-15,17H,5,13,16H2,1-4H3,(H,29,30). The molecule has 1 N–H and O–H groups in total. The first-order chi connectivity index (χ1) is 16.1. The molecule has 0 fully saturated rings. The molecular weight excluding hydrogens is 472 g/mol. The van der Waals surface area contributed by atoms with Gasteiger partial charge in [0.25, 0.3) is 0 Å². The van der Waals surface area contributed by atoms with Gasteiger partial charge in [-0.2, -0.15) is 0 Å². The van der Waals surface area contributed by atoms with Gasteiger partial charge in [-0.15, -0.1) is 0 Å². The van der Waals surface area contributed by atoms with Gasteiger partial charge in [0, 0.05) is 23.1 Å². The number of halogens is 1. The first-order valence-electron chi connectivity index (χ1n) is 11.1. The first-order valence-corrected chi connectivity index (χ1v) is 13.1. The van der Waals surface area contributed by atoms with E-state index >= 15 is 0 Å². The van der Waals surface area contributed by atoms with Gasteiger partial charge in [-0.1, -0.05) is 44.5 Å². The van der Waals surface area contributed by atoms with Crippen LogP contribution in [0.25, 0.3) is 11.1 Å². The Labute approximate surface area is 206 Å². The van der Waals surface area contributed by atoms with Crippen molar-refractivity contribution in [3.63, 3.8) is 0 Å². The Bertz CT molecular complexity index is 1270. The summed E-state index contributed by atoms with van der Waals surface area (Å²) in [6.07, 6.45) is 1.82. The quantitative estimate of drug-likeness (QED) is 0.406. The summed E-state index contributed by atoms with van der Waals surface area (Å²) in [6, 6.07) is 13.7. The van der Waals surface area contributed by atoms with Gasteiger partial charge in [-0.3, -0.25) is 9.78 Å². The molecule has 180 valence electrons. The van der Waals surface area contributed by atoms with Crippen molar-refractivity contribution in [1.29, 1.82) is 0 Å². The van der Waals surface area contributed by atoms with Crippen LogP contribution in [-0.2, 0) is 21.1 Å². The molecule has 1 amide bonds. The highest BCUT2D eigenvalue weighted by molar-refractivity contribution is 7.91. The summed E-state index contributed by atoms with van der Waals surface area (Å²) >= 11 is 6.58. The number of nitrogens with one attached hydrogen (secondary N) is 1. The van der Waals surface area contributed by atoms with Crippen LogP contribution < -0.4 is 10.1 Å². The molecular formula is C26H29ClN2O4S. The number of anilines is 1. The zero-order chi connectivity index (χ0) is 24.9. The van der Waals surface area contributed by atoms with E-state index in [9.17, 15) is 13.2 Å². The highest BCUT2D eigenvalue weighted by atomic mass is 35.5. The Balaban J connectivity index is 1.84. The molecule has 1 aromatic heterocycles. The van der Waals surface area contributed by atoms with E-state index in [1.807, 2.05) is 25.1 Å². The molecule has 0 saturated carbocycles. The monoisotopic (exact) mass is 500 g/mol. The van der Waals surface area contributed by atoms with Crippen LogP contribution in [0, 0.1) is 12.8 Å². The summed E-state index contributed by atoms with van der Waals surface area (Å²) in [6.45, 7) is 8.13. The number of ether oxygens (including phenoxy) is 1. The minimum atomic E-state index is -3.28. The topological polar surface area (TPSA) is 85.4 Å². The number of hydrogen-bond donors (Lipinski definition) is 1. The number of carbonyl (C=O) groups excluding carboxylic acids is 1. The van der Waals surface area contributed by atoms with Crippen molar-refractivity contribution >= 4 is 33.0 Å². The van der Waals surface area contributed by atoms with Gasteiger partial charge in [0.1, 0.15) is 5.75 Å². The van der Waals surface area contributed by atoms with E-state index in [1.54, 1.807) is 31.3 Å². The summed E-state index contributed by atoms with van der Waals surface area (Å²) in [5.74, 6) is 0.673. The minimum Gasteiger partial charge on any atom is -0.491 e. The molecule has 1 heterocycles. The Kier molecular flexibility index (Phi) is 8.33. The zero-order valence-corrected chi connectivity index (χ0v) is 21.3. The van der Waals surface area contributed by atoms with E-state index in [0.29, 0.717) is 34.5 Å². The summed E-state index contributed by atoms with van der Waals surface area (Å²) < 4.78 is 30.0. The molecule has 0 unspecified atom stereocenters. The first kappa shape index (κ1) is 25.7. The Morgan fingerprint density at radius 2 is 1.82 bits per heavy atom. The van der Waals surface area contributed by atoms with Crippen molar-refractivity contribution in [2.75, 3.05) is 17.7 Å². The van der Waals surface area contributed by atoms with Crippen molar-refractivity contribution in [3.05, 3.63) is 71.0 Å². The van der Waals surface area contributed by atoms with Crippen LogP contribution in [0.1, 0.15) is 32.0 Å². The van der Waals surface area contributed by atoms with E-state index in [4.69, 9.17) is 16.3 Å². The predicted molar refractivity (Wildman–Crippen MR) is 136 cm³/mol. The number of benzene rings is 2. The van der Waals surface area contributed by atoms with Gasteiger partial charge in [0.05, 0.1) is 28.7 Å². The molecule has 8 heteroatoms. The summed E-state index contributed by atoms with van der Waals surface area (Å²) in [4.78, 5) is 17.2. The molecule has 0 atom stereocenters. The third-order valence-corrected chi connectivity index (χ3v) is 7.15. The van der Waals surface area contributed by atoms with Crippen LogP contribution in [-0.4, -0.2) is 31.7 Å². The summed E-state index contributed by atoms with van der Waals surface area (Å²) in [5, 5.41) is 3.29. The lowest BCUT2D eigenvalue weighted by atomic mass is 10.0. The molecule has 0 bridgehead atoms. The number of pyridine rings is 1. The van der Waals surface area contributed by atoms with Crippen LogP contribution in [0.3, 0.4) is 0 Å². The lowest BCUT2D eigenvalue weighted by Gasteiger charge is -2.17. The van der Waals surface area contributed by atoms with Crippen molar-refractivity contribution in [3.8, 4) is 16.9 Å². The fraction of sp³-hybridized carbons (Fsp3) is 0.308. The summed E-state index contributed by atoms with van der Waals surface area (Å²) in [5.41, 5.74) is 3.76. The maximum Gasteiger partial charge on any atom is 0.228 e. The molecule has 0 aliphatic carbocycles. The number of carbonyl (C=O) groups is 1. The molecule has 6 nitrogen and oxygen atoms in total. The van der Waals surface area contributed by atoms with E-state index in [0.717, 1.165) is 16.8 Å². The van der Waals surface area contributed by atoms with E-state index in [-0.39, 0.29) is 23.0 Å². The third kappa shape index (κ3) is 6.58. The van der Waals surface area contributed by atoms with Crippen LogP contribution in [0.5, 0.6) is 5.75 Å². The maximum atomic E-state index is 12.7. The summed E-state index contributed by atoms with van der Waals surface area (Å²) in [7, 11) is -3.28. The van der Waals surface area contributed by atoms with Gasteiger partial charge in [-0.25, -0.2) is 8.42 Å². The third-order valence-electron chi connectivity index (χ3n) is 5.12. The SMILES string of the molecule is CCS(=O)(=O)c1ccc(CC(=O)Nc2cc(Cl)c(OCC(C)C)c(-c3ccnc(C)c3)c2)cc1. The van der Waals surface area contributed by atoms with Crippen LogP contribution in [0.2, 0.25) is 5.02 Å². The van der Waals surface area contributed by atoms with Gasteiger partial charge in [-0.05, 0) is 60.4 Å². The number of hydrogen-bond acceptors (Lipinski definition) is 5. The average molecular weight is 501 g/mol. The number of sulfone groups is 1. The van der Waals surface area contributed by atoms with E-state index in [1.165, 1.54) is 12.1 Å². The van der Waals surface area contributed by atoms with Crippen molar-refractivity contribution in [2.24, 2.45) is 5.92 Å². The van der Waals surface area contributed by atoms with E-state index in [2.05, 4.69) is 24.1 Å². The molecule has 3 rings (SSSR count). The molecule has 0 spiro atoms. The molecule has 0 aliphatic rings. The second kappa shape index (κ2) is 11.0. The molecule has 0 aliphatic heterocycles. The van der Waals surface area contributed by atoms with Gasteiger partial charge in [0.15, 0.2) is 9.84 Å². The number of rotatable bonds is 9. The molecule has 0 radical (unpaired) electrons. The smallest absolute Gasteiger partial charge is 0.228 e. The molecule has 3 aromatic rings. The fourth-order valence-electron chi connectivity index (χ4n) is 3.36. The van der Waals surface area contributed by atoms with Gasteiger partial charge < -0.3 is 10.1 Å². The second-order valence-electron chi connectivity index (χ2n) is 8.50. The molecule has 34 heavy (non-hydrogen) atoms. The Morgan fingerprint density at radius 3 is 2.44 bits per heavy atom. The lowest BCUT2D eigenvalue weighted by molar-refractivity contribution is -0.115. The second-order valence-corrected chi connectivity index (χ2v) is 11.2. The number of amides is 1. The van der Waals surface area contributed by atoms with Crippen LogP contribution in [0.4, 0.5) is 5.69 Å². The van der Waals surface area contributed by atoms with Crippen LogP contribution >= 0.6 is 11.6 Å². The normalized spacial score (nSPS) is 11.5. The lowest BCUT2D eigenvalue weighted by Crippen LogP contribution is -2.15. The maximum absolute atomic E-state index is 12.7. The Hall–Kier alpha value is -2.90. The van der Waals surface area contributed by atoms with Gasteiger partial charge in [0.2, 0.25) is 5.91 Å². The molecule has 2 aromatic carbocycles. The van der Waals surface area contributed by atoms with Crippen molar-refractivity contribution in [2.45, 2.75) is 39.0 Å². The van der Waals surface area contributed by atoms with Crippen molar-refractivity contribution < 1.29 is 17.9 Å². The average Bonchev–Trinajstić information content (AvgIpc) is 2.78. The number of aryl methyl sites for hydroxylation is 1. The minimum absolute atomic E-state index is 0.0316. The van der Waals surface area contributed by atoms with Crippen LogP contribution in [0.15, 0.2) is 59.6 Å². The molecule has 0 saturated heterocycles. The van der Waals surface area contributed by atoms with E-state index < -0.39 is 9.84 Å². The Morgan fingerprint density at radius 1 is 1.12 bits per heavy atom. The number of aromatic nitrogens is 1. The number of nitrogens with zero attached hydrogens (tertiary/aromatic N) is 1. The van der Waals surface area contributed by atoms with Gasteiger partial charge >= 0.3 is 0 Å². The highest BCUT2D eigenvalue weighted by Gasteiger charge is 2.16. The highest BCUT2D eigenvalue weighted by Crippen LogP contribution is 2.39. The largest absolute Gasteiger partial charge is 0.491 e. The predicted octanol–water partition coefficient (Wildman–Crippen LogP) is 5.72. The van der Waals surface area contributed by atoms with Crippen molar-refractivity contribution in [1.82, 2.24) is 4.98 Å².